The van der Waals surface area contributed by atoms with E-state index in [1.807, 2.05) is 36.4 Å². The molecular formula is C21H16O. The van der Waals surface area contributed by atoms with Gasteiger partial charge in [0.15, 0.2) is 5.78 Å². The van der Waals surface area contributed by atoms with Crippen LogP contribution in [0.1, 0.15) is 34.8 Å². The van der Waals surface area contributed by atoms with E-state index in [9.17, 15) is 4.79 Å². The lowest BCUT2D eigenvalue weighted by molar-refractivity contribution is 0.105. The Bertz CT molecular complexity index is 926. The van der Waals surface area contributed by atoms with Gasteiger partial charge in [-0.3, -0.25) is 4.79 Å². The van der Waals surface area contributed by atoms with Crippen molar-refractivity contribution in [2.75, 3.05) is 0 Å². The van der Waals surface area contributed by atoms with Crippen LogP contribution < -0.4 is 0 Å². The van der Waals surface area contributed by atoms with Crippen molar-refractivity contribution >= 4 is 27.7 Å². The monoisotopic (exact) mass is 284 g/mol. The van der Waals surface area contributed by atoms with Crippen LogP contribution in [0.5, 0.6) is 0 Å². The van der Waals surface area contributed by atoms with Crippen molar-refractivity contribution in [1.29, 1.82) is 0 Å². The highest BCUT2D eigenvalue weighted by atomic mass is 16.1. The van der Waals surface area contributed by atoms with Crippen molar-refractivity contribution in [2.24, 2.45) is 0 Å². The Morgan fingerprint density at radius 2 is 1.36 bits per heavy atom. The van der Waals surface area contributed by atoms with Crippen LogP contribution in [0.2, 0.25) is 0 Å². The molecule has 0 N–H and O–H groups in total. The standard InChI is InChI=1S/C21H16O/c1-2-15-17-11-5-6-12-19(17)21(22)20(15)18-13-7-9-14-8-3-4-10-16(14)18/h3-13H,2H2,1H3. The molecule has 3 aromatic carbocycles. The van der Waals surface area contributed by atoms with E-state index >= 15 is 0 Å². The lowest BCUT2D eigenvalue weighted by Crippen LogP contribution is -1.99. The molecule has 0 unspecified atom stereocenters. The van der Waals surface area contributed by atoms with Gasteiger partial charge >= 0.3 is 0 Å². The number of benzene rings is 3. The minimum Gasteiger partial charge on any atom is -0.289 e. The summed E-state index contributed by atoms with van der Waals surface area (Å²) in [4.78, 5) is 13.0. The van der Waals surface area contributed by atoms with Gasteiger partial charge in [-0.05, 0) is 33.9 Å². The molecule has 0 spiro atoms. The van der Waals surface area contributed by atoms with Crippen molar-refractivity contribution in [3.05, 3.63) is 83.4 Å². The third-order valence-electron chi connectivity index (χ3n) is 4.44. The molecule has 0 bridgehead atoms. The van der Waals surface area contributed by atoms with Gasteiger partial charge in [-0.25, -0.2) is 0 Å². The van der Waals surface area contributed by atoms with E-state index in [-0.39, 0.29) is 5.78 Å². The molecule has 0 atom stereocenters. The minimum absolute atomic E-state index is 0.156. The van der Waals surface area contributed by atoms with Crippen LogP contribution in [-0.4, -0.2) is 5.78 Å². The average Bonchev–Trinajstić information content (AvgIpc) is 2.87. The Hall–Kier alpha value is -2.67. The number of allylic oxidation sites excluding steroid dienone is 2. The number of fused-ring (bicyclic) bond motifs is 2. The Labute approximate surface area is 129 Å². The number of hydrogen-bond donors (Lipinski definition) is 0. The van der Waals surface area contributed by atoms with Gasteiger partial charge in [-0.2, -0.15) is 0 Å². The average molecular weight is 284 g/mol. The molecule has 0 saturated carbocycles. The molecule has 0 aliphatic heterocycles. The van der Waals surface area contributed by atoms with Gasteiger partial charge in [0, 0.05) is 11.1 Å². The number of carbonyl (C=O) groups is 1. The fourth-order valence-corrected chi connectivity index (χ4v) is 3.45. The summed E-state index contributed by atoms with van der Waals surface area (Å²) in [6.07, 6.45) is 0.862. The van der Waals surface area contributed by atoms with Crippen molar-refractivity contribution < 1.29 is 4.79 Å². The SMILES string of the molecule is CCC1=C(c2cccc3ccccc23)C(=O)c2ccccc21. The Morgan fingerprint density at radius 3 is 2.18 bits per heavy atom. The first-order valence-corrected chi connectivity index (χ1v) is 7.66. The van der Waals surface area contributed by atoms with E-state index in [1.54, 1.807) is 0 Å². The number of hydrogen-bond acceptors (Lipinski definition) is 1. The summed E-state index contributed by atoms with van der Waals surface area (Å²) in [5, 5.41) is 2.32. The summed E-state index contributed by atoms with van der Waals surface area (Å²) in [5.74, 6) is 0.156. The summed E-state index contributed by atoms with van der Waals surface area (Å²) >= 11 is 0. The van der Waals surface area contributed by atoms with E-state index in [0.717, 1.165) is 39.6 Å². The highest BCUT2D eigenvalue weighted by molar-refractivity contribution is 6.41. The molecule has 4 rings (SSSR count). The predicted octanol–water partition coefficient (Wildman–Crippen LogP) is 5.36. The van der Waals surface area contributed by atoms with Crippen molar-refractivity contribution in [2.45, 2.75) is 13.3 Å². The first kappa shape index (κ1) is 13.0. The van der Waals surface area contributed by atoms with Crippen LogP contribution in [0.4, 0.5) is 0 Å². The first-order valence-electron chi connectivity index (χ1n) is 7.66. The van der Waals surface area contributed by atoms with E-state index in [0.29, 0.717) is 0 Å². The third kappa shape index (κ3) is 1.75. The number of rotatable bonds is 2. The summed E-state index contributed by atoms with van der Waals surface area (Å²) < 4.78 is 0. The second-order valence-corrected chi connectivity index (χ2v) is 5.61. The zero-order valence-corrected chi connectivity index (χ0v) is 12.5. The zero-order chi connectivity index (χ0) is 15.1. The summed E-state index contributed by atoms with van der Waals surface area (Å²) in [6, 6.07) is 22.4. The summed E-state index contributed by atoms with van der Waals surface area (Å²) in [5.41, 5.74) is 5.02. The molecule has 1 aliphatic carbocycles. The fraction of sp³-hybridized carbons (Fsp3) is 0.0952. The molecule has 0 fully saturated rings. The van der Waals surface area contributed by atoms with Crippen LogP contribution >= 0.6 is 0 Å². The normalized spacial score (nSPS) is 13.8. The smallest absolute Gasteiger partial charge is 0.194 e. The maximum absolute atomic E-state index is 13.0. The van der Waals surface area contributed by atoms with Crippen molar-refractivity contribution in [1.82, 2.24) is 0 Å². The van der Waals surface area contributed by atoms with E-state index in [2.05, 4.69) is 37.3 Å². The van der Waals surface area contributed by atoms with Gasteiger partial charge in [0.1, 0.15) is 0 Å². The molecule has 1 nitrogen and oxygen atoms in total. The van der Waals surface area contributed by atoms with E-state index in [4.69, 9.17) is 0 Å². The molecule has 1 heteroatoms. The van der Waals surface area contributed by atoms with Gasteiger partial charge in [0.2, 0.25) is 0 Å². The largest absolute Gasteiger partial charge is 0.289 e. The van der Waals surface area contributed by atoms with Gasteiger partial charge in [0.25, 0.3) is 0 Å². The quantitative estimate of drug-likeness (QED) is 0.619. The van der Waals surface area contributed by atoms with Gasteiger partial charge in [0.05, 0.1) is 0 Å². The second kappa shape index (κ2) is 4.96. The van der Waals surface area contributed by atoms with Crippen molar-refractivity contribution in [3.8, 4) is 0 Å². The zero-order valence-electron chi connectivity index (χ0n) is 12.5. The highest BCUT2D eigenvalue weighted by Gasteiger charge is 2.29. The molecule has 0 amide bonds. The van der Waals surface area contributed by atoms with E-state index in [1.165, 1.54) is 5.39 Å². The predicted molar refractivity (Wildman–Crippen MR) is 91.8 cm³/mol. The second-order valence-electron chi connectivity index (χ2n) is 5.61. The van der Waals surface area contributed by atoms with Crippen LogP contribution in [-0.2, 0) is 0 Å². The summed E-state index contributed by atoms with van der Waals surface area (Å²) in [6.45, 7) is 2.12. The Morgan fingerprint density at radius 1 is 0.727 bits per heavy atom. The molecule has 3 aromatic rings. The molecule has 106 valence electrons. The molecular weight excluding hydrogens is 268 g/mol. The maximum Gasteiger partial charge on any atom is 0.194 e. The third-order valence-corrected chi connectivity index (χ3v) is 4.44. The molecule has 1 aliphatic rings. The van der Waals surface area contributed by atoms with Crippen molar-refractivity contribution in [3.63, 3.8) is 0 Å². The lowest BCUT2D eigenvalue weighted by atomic mass is 9.93. The van der Waals surface area contributed by atoms with Gasteiger partial charge in [-0.15, -0.1) is 0 Å². The van der Waals surface area contributed by atoms with Crippen LogP contribution in [0.3, 0.4) is 0 Å². The van der Waals surface area contributed by atoms with Crippen LogP contribution in [0.15, 0.2) is 66.7 Å². The van der Waals surface area contributed by atoms with Gasteiger partial charge in [-0.1, -0.05) is 73.7 Å². The highest BCUT2D eigenvalue weighted by Crippen LogP contribution is 2.41. The Kier molecular flexibility index (Phi) is 2.93. The van der Waals surface area contributed by atoms with Gasteiger partial charge < -0.3 is 0 Å². The molecule has 0 radical (unpaired) electrons. The molecule has 22 heavy (non-hydrogen) atoms. The first-order chi connectivity index (χ1) is 10.8. The Balaban J connectivity index is 2.05. The number of carbonyl (C=O) groups excluding carboxylic acids is 1. The van der Waals surface area contributed by atoms with Crippen LogP contribution in [0, 0.1) is 0 Å². The number of ketones is 1. The fourth-order valence-electron chi connectivity index (χ4n) is 3.45. The molecule has 0 aromatic heterocycles. The topological polar surface area (TPSA) is 17.1 Å². The maximum atomic E-state index is 13.0. The summed E-state index contributed by atoms with van der Waals surface area (Å²) in [7, 11) is 0. The number of Topliss-reactive ketones (excluding diaryl/α,β-unsaturated/α-hetero) is 1. The molecule has 0 saturated heterocycles. The van der Waals surface area contributed by atoms with Crippen LogP contribution in [0.25, 0.3) is 21.9 Å². The molecule has 0 heterocycles. The minimum atomic E-state index is 0.156. The van der Waals surface area contributed by atoms with E-state index < -0.39 is 0 Å². The lowest BCUT2D eigenvalue weighted by Gasteiger charge is -2.09.